The van der Waals surface area contributed by atoms with Gasteiger partial charge in [0.05, 0.1) is 0 Å². The molecule has 0 radical (unpaired) electrons. The van der Waals surface area contributed by atoms with Crippen molar-refractivity contribution in [1.29, 1.82) is 0 Å². The van der Waals surface area contributed by atoms with E-state index in [1.54, 1.807) is 0 Å². The molecule has 0 spiro atoms. The average molecular weight is 155 g/mol. The van der Waals surface area contributed by atoms with Gasteiger partial charge in [-0.2, -0.15) is 0 Å². The third-order valence-corrected chi connectivity index (χ3v) is 8.99. The fraction of sp³-hybridized carbons (Fsp3) is 1.00. The van der Waals surface area contributed by atoms with Crippen LogP contribution in [0.1, 0.15) is 13.8 Å². The molecule has 0 heterocycles. The Morgan fingerprint density at radius 2 is 1.71 bits per heavy atom. The average Bonchev–Trinajstić information content (AvgIpc) is 1.72. The third kappa shape index (κ3) is 3.19. The van der Waals surface area contributed by atoms with Crippen molar-refractivity contribution in [3.8, 4) is 0 Å². The molecule has 0 aromatic heterocycles. The van der Waals surface area contributed by atoms with Gasteiger partial charge in [-0.3, -0.25) is 0 Å². The second kappa shape index (κ2) is 4.74. The van der Waals surface area contributed by atoms with Crippen molar-refractivity contribution >= 4 is 0 Å². The molecular weight excluding hydrogens is 141 g/mol. The van der Waals surface area contributed by atoms with Crippen molar-refractivity contribution in [2.24, 2.45) is 0 Å². The molecule has 0 amide bonds. The Morgan fingerprint density at radius 1 is 1.29 bits per heavy atom. The summed E-state index contributed by atoms with van der Waals surface area (Å²) in [4.78, 5) is 0. The Kier molecular flexibility index (Phi) is 5.13. The first-order valence-electron chi connectivity index (χ1n) is 3.23. The molecule has 0 unspecified atom stereocenters. The first kappa shape index (κ1) is 7.58. The van der Waals surface area contributed by atoms with Crippen LogP contribution in [0.25, 0.3) is 0 Å². The van der Waals surface area contributed by atoms with Crippen molar-refractivity contribution in [2.75, 3.05) is 5.20 Å². The fourth-order valence-corrected chi connectivity index (χ4v) is 3.48. The minimum absolute atomic E-state index is 0.562. The minimum atomic E-state index is -1.19. The molecule has 0 aliphatic carbocycles. The predicted molar refractivity (Wildman–Crippen MR) is 28.0 cm³/mol. The Morgan fingerprint density at radius 3 is 1.71 bits per heavy atom. The molecule has 1 N–H and O–H groups in total. The molecule has 0 aromatic rings. The van der Waals surface area contributed by atoms with E-state index >= 15 is 0 Å². The number of aliphatic hydroxyl groups excluding tert-OH is 1. The van der Waals surface area contributed by atoms with Crippen LogP contribution >= 0.6 is 0 Å². The van der Waals surface area contributed by atoms with Crippen LogP contribution in [0.2, 0.25) is 10.0 Å². The van der Waals surface area contributed by atoms with Gasteiger partial charge in [-0.1, -0.05) is 0 Å². The summed E-state index contributed by atoms with van der Waals surface area (Å²) in [7, 11) is 0. The number of hydrogen-bond donors (Lipinski definition) is 1. The van der Waals surface area contributed by atoms with Gasteiger partial charge in [0.25, 0.3) is 0 Å². The van der Waals surface area contributed by atoms with E-state index in [1.165, 1.54) is 10.0 Å². The molecule has 7 heavy (non-hydrogen) atoms. The number of hydrogen-bond acceptors (Lipinski definition) is 1. The van der Waals surface area contributed by atoms with E-state index in [4.69, 9.17) is 5.11 Å². The van der Waals surface area contributed by atoms with Crippen LogP contribution < -0.4 is 0 Å². The van der Waals surface area contributed by atoms with E-state index in [-0.39, 0.29) is 0 Å². The van der Waals surface area contributed by atoms with Crippen molar-refractivity contribution in [3.05, 3.63) is 0 Å². The predicted octanol–water partition coefficient (Wildman–Crippen LogP) is 1.43. The summed E-state index contributed by atoms with van der Waals surface area (Å²) in [6, 6.07) is 0. The molecule has 0 saturated carbocycles. The number of rotatable bonds is 3. The zero-order valence-corrected chi connectivity index (χ0v) is 8.24. The van der Waals surface area contributed by atoms with E-state index in [0.29, 0.717) is 5.20 Å². The van der Waals surface area contributed by atoms with Gasteiger partial charge in [0.1, 0.15) is 0 Å². The van der Waals surface area contributed by atoms with Gasteiger partial charge >= 0.3 is 50.1 Å². The second-order valence-corrected chi connectivity index (χ2v) is 11.9. The Balaban J connectivity index is 2.99. The topological polar surface area (TPSA) is 20.2 Å². The summed E-state index contributed by atoms with van der Waals surface area (Å²) in [6.07, 6.45) is 0. The summed E-state index contributed by atoms with van der Waals surface area (Å²) in [5, 5.41) is 11.8. The Labute approximate surface area is 50.6 Å². The first-order valence-corrected chi connectivity index (χ1v) is 9.52. The van der Waals surface area contributed by atoms with Crippen molar-refractivity contribution in [3.63, 3.8) is 0 Å². The molecule has 0 saturated heterocycles. The summed E-state index contributed by atoms with van der Waals surface area (Å²) >= 11 is -1.19. The molecule has 2 heteroatoms. The summed E-state index contributed by atoms with van der Waals surface area (Å²) in [5.41, 5.74) is 0. The summed E-state index contributed by atoms with van der Waals surface area (Å²) < 4.78 is 0. The quantitative estimate of drug-likeness (QED) is 0.610. The molecule has 0 aromatic carbocycles. The maximum atomic E-state index is 8.62. The Bertz CT molecular complexity index is 29.6. The van der Waals surface area contributed by atoms with E-state index in [2.05, 4.69) is 13.8 Å². The van der Waals surface area contributed by atoms with Crippen LogP contribution in [0, 0.1) is 0 Å². The van der Waals surface area contributed by atoms with Gasteiger partial charge in [-0.05, 0) is 0 Å². The molecule has 1 nitrogen and oxygen atoms in total. The molecule has 0 aliphatic rings. The molecule has 0 rings (SSSR count). The van der Waals surface area contributed by atoms with Crippen LogP contribution in [0.5, 0.6) is 0 Å². The van der Waals surface area contributed by atoms with Gasteiger partial charge in [-0.15, -0.1) is 0 Å². The van der Waals surface area contributed by atoms with Crippen molar-refractivity contribution < 1.29 is 21.1 Å². The van der Waals surface area contributed by atoms with Crippen LogP contribution in [-0.2, 0) is 16.0 Å². The SMILES string of the molecule is C[CH2][Zn]([CH2]C)[CH2]O. The van der Waals surface area contributed by atoms with Gasteiger partial charge in [0.2, 0.25) is 0 Å². The van der Waals surface area contributed by atoms with Crippen molar-refractivity contribution in [1.82, 2.24) is 0 Å². The van der Waals surface area contributed by atoms with Crippen molar-refractivity contribution in [2.45, 2.75) is 23.9 Å². The van der Waals surface area contributed by atoms with E-state index in [0.717, 1.165) is 0 Å². The van der Waals surface area contributed by atoms with E-state index in [9.17, 15) is 0 Å². The molecule has 41 valence electrons. The van der Waals surface area contributed by atoms with Gasteiger partial charge in [0, 0.05) is 0 Å². The standard InChI is InChI=1S/2C2H5.CH3O.Zn/c3*1-2;/h2*1H2,2H3;2H,1H2;. The monoisotopic (exact) mass is 153 g/mol. The maximum absolute atomic E-state index is 8.62. The van der Waals surface area contributed by atoms with E-state index in [1.807, 2.05) is 0 Å². The van der Waals surface area contributed by atoms with Crippen LogP contribution in [0.3, 0.4) is 0 Å². The van der Waals surface area contributed by atoms with Crippen LogP contribution in [-0.4, -0.2) is 10.3 Å². The molecule has 0 bridgehead atoms. The summed E-state index contributed by atoms with van der Waals surface area (Å²) in [6.45, 7) is 4.39. The molecule has 0 fully saturated rings. The molecular formula is C5H13OZn. The third-order valence-electron chi connectivity index (χ3n) is 1.73. The van der Waals surface area contributed by atoms with Gasteiger partial charge < -0.3 is 0 Å². The van der Waals surface area contributed by atoms with Crippen LogP contribution in [0.4, 0.5) is 0 Å². The second-order valence-electron chi connectivity index (χ2n) is 2.28. The summed E-state index contributed by atoms with van der Waals surface area (Å²) in [5.74, 6) is 0. The molecule has 0 atom stereocenters. The van der Waals surface area contributed by atoms with Crippen LogP contribution in [0.15, 0.2) is 0 Å². The van der Waals surface area contributed by atoms with Gasteiger partial charge in [0.15, 0.2) is 0 Å². The number of aliphatic hydroxyl groups is 1. The fourth-order valence-electron chi connectivity index (χ4n) is 0.670. The normalized spacial score (nSPS) is 9.00. The Hall–Kier alpha value is 0.583. The van der Waals surface area contributed by atoms with Gasteiger partial charge in [-0.25, -0.2) is 0 Å². The molecule has 0 aliphatic heterocycles. The zero-order chi connectivity index (χ0) is 5.70. The first-order chi connectivity index (χ1) is 3.35. The zero-order valence-electron chi connectivity index (χ0n) is 5.28. The van der Waals surface area contributed by atoms with E-state index < -0.39 is 16.0 Å².